The van der Waals surface area contributed by atoms with Crippen molar-refractivity contribution in [1.82, 2.24) is 4.72 Å². The highest BCUT2D eigenvalue weighted by molar-refractivity contribution is 7.89. The summed E-state index contributed by atoms with van der Waals surface area (Å²) in [4.78, 5) is 0.296. The van der Waals surface area contributed by atoms with Crippen molar-refractivity contribution in [1.29, 1.82) is 0 Å². The van der Waals surface area contributed by atoms with Crippen LogP contribution in [0, 0.1) is 5.92 Å². The Bertz CT molecular complexity index is 510. The van der Waals surface area contributed by atoms with E-state index in [9.17, 15) is 8.42 Å². The van der Waals surface area contributed by atoms with Gasteiger partial charge in [0.2, 0.25) is 10.0 Å². The molecule has 1 aliphatic rings. The number of nitrogens with one attached hydrogen (secondary N) is 2. The first-order valence-corrected chi connectivity index (χ1v) is 7.96. The number of rotatable bonds is 5. The molecule has 0 aromatic heterocycles. The molecule has 0 bridgehead atoms. The van der Waals surface area contributed by atoms with Crippen LogP contribution in [0.25, 0.3) is 0 Å². The predicted octanol–water partition coefficient (Wildman–Crippen LogP) is 1.43. The van der Waals surface area contributed by atoms with Gasteiger partial charge in [-0.2, -0.15) is 0 Å². The average Bonchev–Trinajstić information content (AvgIpc) is 2.46. The Morgan fingerprint density at radius 1 is 1.26 bits per heavy atom. The van der Waals surface area contributed by atoms with Gasteiger partial charge in [-0.1, -0.05) is 12.1 Å². The van der Waals surface area contributed by atoms with Crippen LogP contribution in [-0.4, -0.2) is 35.2 Å². The second kappa shape index (κ2) is 6.36. The Kier molecular flexibility index (Phi) is 4.79. The average molecular weight is 284 g/mol. The number of hydrogen-bond acceptors (Lipinski definition) is 4. The SMILES string of the molecule is CNS(=O)(=O)c1ccccc1NCC1CCOCC1. The Morgan fingerprint density at radius 2 is 1.95 bits per heavy atom. The van der Waals surface area contributed by atoms with E-state index in [1.165, 1.54) is 7.05 Å². The first-order valence-electron chi connectivity index (χ1n) is 6.47. The van der Waals surface area contributed by atoms with Crippen LogP contribution in [0.15, 0.2) is 29.2 Å². The molecular weight excluding hydrogens is 264 g/mol. The quantitative estimate of drug-likeness (QED) is 0.858. The maximum absolute atomic E-state index is 11.9. The number of benzene rings is 1. The molecule has 0 atom stereocenters. The van der Waals surface area contributed by atoms with E-state index >= 15 is 0 Å². The summed E-state index contributed by atoms with van der Waals surface area (Å²) in [6.45, 7) is 2.37. The smallest absolute Gasteiger partial charge is 0.242 e. The molecule has 0 radical (unpaired) electrons. The zero-order chi connectivity index (χ0) is 13.7. The summed E-state index contributed by atoms with van der Waals surface area (Å²) >= 11 is 0. The Labute approximate surface area is 114 Å². The van der Waals surface area contributed by atoms with Crippen molar-refractivity contribution in [2.24, 2.45) is 5.92 Å². The Balaban J connectivity index is 2.07. The maximum Gasteiger partial charge on any atom is 0.242 e. The maximum atomic E-state index is 11.9. The molecule has 6 heteroatoms. The topological polar surface area (TPSA) is 67.4 Å². The molecular formula is C13H20N2O3S. The van der Waals surface area contributed by atoms with Crippen LogP contribution in [-0.2, 0) is 14.8 Å². The van der Waals surface area contributed by atoms with E-state index in [4.69, 9.17) is 4.74 Å². The van der Waals surface area contributed by atoms with Gasteiger partial charge in [0.15, 0.2) is 0 Å². The van der Waals surface area contributed by atoms with Gasteiger partial charge in [0.05, 0.1) is 5.69 Å². The largest absolute Gasteiger partial charge is 0.384 e. The van der Waals surface area contributed by atoms with E-state index in [1.54, 1.807) is 18.2 Å². The molecule has 1 saturated heterocycles. The molecule has 1 aromatic carbocycles. The lowest BCUT2D eigenvalue weighted by Gasteiger charge is -2.23. The van der Waals surface area contributed by atoms with Gasteiger partial charge >= 0.3 is 0 Å². The molecule has 2 N–H and O–H groups in total. The molecule has 19 heavy (non-hydrogen) atoms. The lowest BCUT2D eigenvalue weighted by atomic mass is 10.0. The minimum absolute atomic E-state index is 0.296. The van der Waals surface area contributed by atoms with Crippen molar-refractivity contribution in [3.8, 4) is 0 Å². The summed E-state index contributed by atoms with van der Waals surface area (Å²) in [6.07, 6.45) is 2.04. The van der Waals surface area contributed by atoms with Gasteiger partial charge in [-0.05, 0) is 37.9 Å². The third kappa shape index (κ3) is 3.68. The molecule has 1 aliphatic heterocycles. The molecule has 0 aliphatic carbocycles. The van der Waals surface area contributed by atoms with Gasteiger partial charge in [0.25, 0.3) is 0 Å². The zero-order valence-electron chi connectivity index (χ0n) is 11.1. The molecule has 1 heterocycles. The minimum Gasteiger partial charge on any atom is -0.384 e. The van der Waals surface area contributed by atoms with Crippen LogP contribution < -0.4 is 10.0 Å². The van der Waals surface area contributed by atoms with Crippen LogP contribution in [0.5, 0.6) is 0 Å². The molecule has 0 unspecified atom stereocenters. The second-order valence-electron chi connectivity index (χ2n) is 4.64. The molecule has 2 rings (SSSR count). The molecule has 5 nitrogen and oxygen atoms in total. The highest BCUT2D eigenvalue weighted by Crippen LogP contribution is 2.22. The summed E-state index contributed by atoms with van der Waals surface area (Å²) in [5.74, 6) is 0.541. The summed E-state index contributed by atoms with van der Waals surface area (Å²) < 4.78 is 31.5. The third-order valence-corrected chi connectivity index (χ3v) is 4.84. The molecule has 1 fully saturated rings. The highest BCUT2D eigenvalue weighted by atomic mass is 32.2. The Morgan fingerprint density at radius 3 is 2.63 bits per heavy atom. The van der Waals surface area contributed by atoms with Crippen LogP contribution in [0.2, 0.25) is 0 Å². The van der Waals surface area contributed by atoms with Crippen molar-refractivity contribution in [3.63, 3.8) is 0 Å². The van der Waals surface area contributed by atoms with Crippen molar-refractivity contribution in [2.45, 2.75) is 17.7 Å². The third-order valence-electron chi connectivity index (χ3n) is 3.37. The van der Waals surface area contributed by atoms with Crippen molar-refractivity contribution < 1.29 is 13.2 Å². The van der Waals surface area contributed by atoms with Crippen LogP contribution >= 0.6 is 0 Å². The first kappa shape index (κ1) is 14.3. The number of hydrogen-bond donors (Lipinski definition) is 2. The highest BCUT2D eigenvalue weighted by Gasteiger charge is 2.18. The predicted molar refractivity (Wildman–Crippen MR) is 74.7 cm³/mol. The molecule has 0 saturated carbocycles. The van der Waals surface area contributed by atoms with Gasteiger partial charge in [-0.3, -0.25) is 0 Å². The number of anilines is 1. The number of ether oxygens (including phenoxy) is 1. The number of sulfonamides is 1. The van der Waals surface area contributed by atoms with Gasteiger partial charge in [-0.25, -0.2) is 13.1 Å². The fourth-order valence-electron chi connectivity index (χ4n) is 2.16. The fraction of sp³-hybridized carbons (Fsp3) is 0.538. The molecule has 106 valence electrons. The van der Waals surface area contributed by atoms with E-state index in [1.807, 2.05) is 6.07 Å². The summed E-state index contributed by atoms with van der Waals surface area (Å²) in [5.41, 5.74) is 0.656. The standard InChI is InChI=1S/C13H20N2O3S/c1-14-19(16,17)13-5-3-2-4-12(13)15-10-11-6-8-18-9-7-11/h2-5,11,14-15H,6-10H2,1H3. The van der Waals surface area contributed by atoms with E-state index in [-0.39, 0.29) is 0 Å². The molecule has 0 spiro atoms. The summed E-state index contributed by atoms with van der Waals surface area (Å²) in [5, 5.41) is 3.25. The fourth-order valence-corrected chi connectivity index (χ4v) is 3.07. The summed E-state index contributed by atoms with van der Waals surface area (Å²) in [6, 6.07) is 6.96. The minimum atomic E-state index is -3.42. The van der Waals surface area contributed by atoms with E-state index in [0.717, 1.165) is 32.6 Å². The second-order valence-corrected chi connectivity index (χ2v) is 6.50. The molecule has 1 aromatic rings. The normalized spacial score (nSPS) is 17.3. The number of para-hydroxylation sites is 1. The van der Waals surface area contributed by atoms with Gasteiger partial charge in [0.1, 0.15) is 4.90 Å². The van der Waals surface area contributed by atoms with E-state index < -0.39 is 10.0 Å². The lowest BCUT2D eigenvalue weighted by molar-refractivity contribution is 0.0699. The van der Waals surface area contributed by atoms with Crippen LogP contribution in [0.4, 0.5) is 5.69 Å². The van der Waals surface area contributed by atoms with Crippen LogP contribution in [0.3, 0.4) is 0 Å². The lowest BCUT2D eigenvalue weighted by Crippen LogP contribution is -2.24. The van der Waals surface area contributed by atoms with Crippen molar-refractivity contribution >= 4 is 15.7 Å². The van der Waals surface area contributed by atoms with Gasteiger partial charge < -0.3 is 10.1 Å². The zero-order valence-corrected chi connectivity index (χ0v) is 11.9. The van der Waals surface area contributed by atoms with Gasteiger partial charge in [0, 0.05) is 19.8 Å². The van der Waals surface area contributed by atoms with Crippen LogP contribution in [0.1, 0.15) is 12.8 Å². The molecule has 0 amide bonds. The first-order chi connectivity index (χ1) is 9.13. The van der Waals surface area contributed by atoms with E-state index in [0.29, 0.717) is 16.5 Å². The van der Waals surface area contributed by atoms with E-state index in [2.05, 4.69) is 10.0 Å². The van der Waals surface area contributed by atoms with Gasteiger partial charge in [-0.15, -0.1) is 0 Å². The summed E-state index contributed by atoms with van der Waals surface area (Å²) in [7, 11) is -2.00. The monoisotopic (exact) mass is 284 g/mol. The van der Waals surface area contributed by atoms with Crippen molar-refractivity contribution in [3.05, 3.63) is 24.3 Å². The Hall–Kier alpha value is -1.11. The van der Waals surface area contributed by atoms with Crippen molar-refractivity contribution in [2.75, 3.05) is 32.1 Å².